The lowest BCUT2D eigenvalue weighted by molar-refractivity contribution is -0.116. The van der Waals surface area contributed by atoms with Crippen molar-refractivity contribution >= 4 is 11.6 Å². The number of anilines is 1. The van der Waals surface area contributed by atoms with Crippen LogP contribution in [0, 0.1) is 6.92 Å². The van der Waals surface area contributed by atoms with Gasteiger partial charge in [-0.15, -0.1) is 0 Å². The van der Waals surface area contributed by atoms with Gasteiger partial charge in [-0.25, -0.2) is 0 Å². The molecule has 1 aromatic carbocycles. The third kappa shape index (κ3) is 4.15. The molecule has 0 fully saturated rings. The molecule has 0 aliphatic carbocycles. The summed E-state index contributed by atoms with van der Waals surface area (Å²) >= 11 is 0. The number of rotatable bonds is 6. The number of carbonyl (C=O) groups excluding carboxylic acids is 1. The average molecular weight is 248 g/mol. The molecule has 3 heteroatoms. The van der Waals surface area contributed by atoms with Crippen LogP contribution in [0.3, 0.4) is 0 Å². The van der Waals surface area contributed by atoms with Gasteiger partial charge in [0.05, 0.1) is 0 Å². The third-order valence-corrected chi connectivity index (χ3v) is 3.05. The van der Waals surface area contributed by atoms with Crippen LogP contribution in [0.5, 0.6) is 0 Å². The maximum atomic E-state index is 12.0. The molecule has 0 heterocycles. The quantitative estimate of drug-likeness (QED) is 0.812. The molecule has 0 saturated carbocycles. The van der Waals surface area contributed by atoms with E-state index in [0.717, 1.165) is 24.2 Å². The van der Waals surface area contributed by atoms with Gasteiger partial charge in [0.2, 0.25) is 5.91 Å². The maximum Gasteiger partial charge on any atom is 0.225 e. The molecule has 0 bridgehead atoms. The Morgan fingerprint density at radius 2 is 2.06 bits per heavy atom. The second kappa shape index (κ2) is 7.17. The van der Waals surface area contributed by atoms with Crippen LogP contribution in [0.4, 0.5) is 5.69 Å². The van der Waals surface area contributed by atoms with Gasteiger partial charge < -0.3 is 10.6 Å². The molecule has 0 aliphatic rings. The minimum Gasteiger partial charge on any atom is -0.326 e. The molecule has 0 spiro atoms. The van der Waals surface area contributed by atoms with Crippen LogP contribution < -0.4 is 10.6 Å². The third-order valence-electron chi connectivity index (χ3n) is 3.05. The Balaban J connectivity index is 2.69. The molecule has 0 radical (unpaired) electrons. The van der Waals surface area contributed by atoms with Gasteiger partial charge in [0.1, 0.15) is 0 Å². The molecule has 3 nitrogen and oxygen atoms in total. The van der Waals surface area contributed by atoms with Crippen molar-refractivity contribution in [3.05, 3.63) is 29.3 Å². The van der Waals surface area contributed by atoms with Crippen molar-refractivity contribution in [3.8, 4) is 0 Å². The Kier molecular flexibility index (Phi) is 5.86. The van der Waals surface area contributed by atoms with Crippen molar-refractivity contribution in [1.29, 1.82) is 0 Å². The zero-order valence-corrected chi connectivity index (χ0v) is 11.8. The number of amides is 1. The largest absolute Gasteiger partial charge is 0.326 e. The molecular formula is C15H24N2O. The summed E-state index contributed by atoms with van der Waals surface area (Å²) in [5, 5.41) is 6.28. The van der Waals surface area contributed by atoms with Crippen LogP contribution in [0.25, 0.3) is 0 Å². The van der Waals surface area contributed by atoms with Gasteiger partial charge in [0.15, 0.2) is 0 Å². The van der Waals surface area contributed by atoms with Crippen molar-refractivity contribution in [1.82, 2.24) is 5.32 Å². The Labute approximate surface area is 110 Å². The normalized spacial score (nSPS) is 12.2. The fraction of sp³-hybridized carbons (Fsp3) is 0.533. The Morgan fingerprint density at radius 1 is 1.33 bits per heavy atom. The van der Waals surface area contributed by atoms with Crippen molar-refractivity contribution < 1.29 is 4.79 Å². The van der Waals surface area contributed by atoms with E-state index in [4.69, 9.17) is 0 Å². The fourth-order valence-corrected chi connectivity index (χ4v) is 2.09. The predicted octanol–water partition coefficient (Wildman–Crippen LogP) is 2.88. The van der Waals surface area contributed by atoms with Crippen LogP contribution in [0.15, 0.2) is 18.2 Å². The topological polar surface area (TPSA) is 41.1 Å². The van der Waals surface area contributed by atoms with Gasteiger partial charge in [0, 0.05) is 18.2 Å². The van der Waals surface area contributed by atoms with Crippen molar-refractivity contribution in [2.24, 2.45) is 0 Å². The number of hydrogen-bond donors (Lipinski definition) is 2. The smallest absolute Gasteiger partial charge is 0.225 e. The highest BCUT2D eigenvalue weighted by Gasteiger charge is 2.11. The van der Waals surface area contributed by atoms with Crippen molar-refractivity contribution in [2.75, 3.05) is 11.9 Å². The van der Waals surface area contributed by atoms with Gasteiger partial charge in [-0.3, -0.25) is 4.79 Å². The van der Waals surface area contributed by atoms with E-state index in [1.807, 2.05) is 32.9 Å². The lowest BCUT2D eigenvalue weighted by Crippen LogP contribution is -2.30. The molecule has 1 amide bonds. The molecule has 1 unspecified atom stereocenters. The van der Waals surface area contributed by atoms with Gasteiger partial charge in [-0.05, 0) is 37.9 Å². The molecule has 100 valence electrons. The number of hydrogen-bond acceptors (Lipinski definition) is 2. The Bertz CT molecular complexity index is 401. The lowest BCUT2D eigenvalue weighted by atomic mass is 10.1. The average Bonchev–Trinajstić information content (AvgIpc) is 2.31. The van der Waals surface area contributed by atoms with Gasteiger partial charge in [0.25, 0.3) is 0 Å². The highest BCUT2D eigenvalue weighted by molar-refractivity contribution is 5.92. The van der Waals surface area contributed by atoms with Gasteiger partial charge >= 0.3 is 0 Å². The second-order valence-electron chi connectivity index (χ2n) is 4.67. The van der Waals surface area contributed by atoms with Crippen molar-refractivity contribution in [3.63, 3.8) is 0 Å². The van der Waals surface area contributed by atoms with E-state index in [0.29, 0.717) is 6.42 Å². The molecule has 18 heavy (non-hydrogen) atoms. The first kappa shape index (κ1) is 14.7. The number of nitrogens with one attached hydrogen (secondary N) is 2. The summed E-state index contributed by atoms with van der Waals surface area (Å²) in [4.78, 5) is 12.0. The maximum absolute atomic E-state index is 12.0. The zero-order chi connectivity index (χ0) is 13.5. The van der Waals surface area contributed by atoms with Crippen LogP contribution in [0.1, 0.15) is 38.3 Å². The summed E-state index contributed by atoms with van der Waals surface area (Å²) in [6.45, 7) is 9.10. The predicted molar refractivity (Wildman–Crippen MR) is 76.9 cm³/mol. The SMILES string of the molecule is CCNC(C)CC(=O)Nc1c(C)cccc1CC. The highest BCUT2D eigenvalue weighted by Crippen LogP contribution is 2.21. The molecule has 1 rings (SSSR count). The summed E-state index contributed by atoms with van der Waals surface area (Å²) in [7, 11) is 0. The summed E-state index contributed by atoms with van der Waals surface area (Å²) in [6, 6.07) is 6.34. The van der Waals surface area contributed by atoms with E-state index in [1.165, 1.54) is 5.56 Å². The minimum absolute atomic E-state index is 0.0763. The minimum atomic E-state index is 0.0763. The first-order chi connectivity index (χ1) is 8.58. The van der Waals surface area contributed by atoms with E-state index in [9.17, 15) is 4.79 Å². The second-order valence-corrected chi connectivity index (χ2v) is 4.67. The zero-order valence-electron chi connectivity index (χ0n) is 11.8. The molecule has 2 N–H and O–H groups in total. The number of benzene rings is 1. The monoisotopic (exact) mass is 248 g/mol. The molecule has 1 atom stereocenters. The van der Waals surface area contributed by atoms with E-state index < -0.39 is 0 Å². The molecule has 0 aliphatic heterocycles. The first-order valence-corrected chi connectivity index (χ1v) is 6.70. The van der Waals surface area contributed by atoms with E-state index in [1.54, 1.807) is 0 Å². The van der Waals surface area contributed by atoms with Gasteiger partial charge in [-0.2, -0.15) is 0 Å². The van der Waals surface area contributed by atoms with Crippen LogP contribution >= 0.6 is 0 Å². The van der Waals surface area contributed by atoms with Crippen LogP contribution in [-0.4, -0.2) is 18.5 Å². The highest BCUT2D eigenvalue weighted by atomic mass is 16.1. The number of para-hydroxylation sites is 1. The Hall–Kier alpha value is -1.35. The molecular weight excluding hydrogens is 224 g/mol. The van der Waals surface area contributed by atoms with Crippen LogP contribution in [0.2, 0.25) is 0 Å². The number of aryl methyl sites for hydroxylation is 2. The van der Waals surface area contributed by atoms with E-state index in [2.05, 4.69) is 23.6 Å². The standard InChI is InChI=1S/C15H24N2O/c1-5-13-9-7-8-11(3)15(13)17-14(18)10-12(4)16-6-2/h7-9,12,16H,5-6,10H2,1-4H3,(H,17,18). The molecule has 1 aromatic rings. The summed E-state index contributed by atoms with van der Waals surface area (Å²) in [6.07, 6.45) is 1.44. The summed E-state index contributed by atoms with van der Waals surface area (Å²) < 4.78 is 0. The lowest BCUT2D eigenvalue weighted by Gasteiger charge is -2.15. The first-order valence-electron chi connectivity index (χ1n) is 6.70. The summed E-state index contributed by atoms with van der Waals surface area (Å²) in [5.74, 6) is 0.0763. The van der Waals surface area contributed by atoms with Crippen molar-refractivity contribution in [2.45, 2.75) is 46.6 Å². The van der Waals surface area contributed by atoms with Gasteiger partial charge in [-0.1, -0.05) is 32.0 Å². The Morgan fingerprint density at radius 3 is 2.67 bits per heavy atom. The summed E-state index contributed by atoms with van der Waals surface area (Å²) in [5.41, 5.74) is 3.30. The van der Waals surface area contributed by atoms with Crippen LogP contribution in [-0.2, 0) is 11.2 Å². The molecule has 0 saturated heterocycles. The van der Waals surface area contributed by atoms with E-state index >= 15 is 0 Å². The molecule has 0 aromatic heterocycles. The van der Waals surface area contributed by atoms with E-state index in [-0.39, 0.29) is 11.9 Å². The fourth-order valence-electron chi connectivity index (χ4n) is 2.09. The number of carbonyl (C=O) groups is 1.